The number of thiazole rings is 1. The van der Waals surface area contributed by atoms with Gasteiger partial charge in [-0.3, -0.25) is 15.0 Å². The van der Waals surface area contributed by atoms with Crippen LogP contribution in [0, 0.1) is 27.7 Å². The Kier molecular flexibility index (Phi) is 21.6. The second-order valence-electron chi connectivity index (χ2n) is 8.67. The molecule has 1 N–H and O–H groups in total. The zero-order valence-corrected chi connectivity index (χ0v) is 24.3. The molecule has 0 radical (unpaired) electrons. The van der Waals surface area contributed by atoms with Crippen LogP contribution in [0.3, 0.4) is 0 Å². The molecular weight excluding hydrogens is 565 g/mol. The number of nitrogens with one attached hydrogen (secondary N) is 1. The summed E-state index contributed by atoms with van der Waals surface area (Å²) in [4.78, 5) is 31.3. The Morgan fingerprint density at radius 2 is 1.30 bits per heavy atom. The zero-order valence-electron chi connectivity index (χ0n) is 23.5. The fourth-order valence-corrected chi connectivity index (χ4v) is 3.81. The van der Waals surface area contributed by atoms with Gasteiger partial charge >= 0.3 is 0 Å². The van der Waals surface area contributed by atoms with Crippen LogP contribution in [0.4, 0.5) is 5.69 Å². The molecule has 1 aromatic carbocycles. The second-order valence-corrected chi connectivity index (χ2v) is 9.77. The Hall–Kier alpha value is -4.63. The van der Waals surface area contributed by atoms with Gasteiger partial charge in [0.15, 0.2) is 5.65 Å². The molecule has 0 amide bonds. The van der Waals surface area contributed by atoms with E-state index in [9.17, 15) is 0 Å². The predicted molar refractivity (Wildman–Crippen MR) is 191 cm³/mol. The number of fused-ring (bicyclic) bond motifs is 2. The molecule has 0 spiro atoms. The van der Waals surface area contributed by atoms with Crippen LogP contribution in [0.15, 0.2) is 102 Å². The molecule has 0 aliphatic carbocycles. The van der Waals surface area contributed by atoms with E-state index in [2.05, 4.69) is 65.0 Å². The Labute approximate surface area is 268 Å². The zero-order chi connectivity index (χ0) is 28.6. The summed E-state index contributed by atoms with van der Waals surface area (Å²) in [5.41, 5.74) is 6.60. The van der Waals surface area contributed by atoms with Crippen LogP contribution < -0.4 is 0 Å². The summed E-state index contributed by atoms with van der Waals surface area (Å²) in [6.07, 6.45) is 9.82. The van der Waals surface area contributed by atoms with Gasteiger partial charge in [0.05, 0.1) is 16.2 Å². The van der Waals surface area contributed by atoms with Crippen LogP contribution in [-0.4, -0.2) is 40.6 Å². The van der Waals surface area contributed by atoms with Gasteiger partial charge in [-0.1, -0.05) is 54.0 Å². The van der Waals surface area contributed by atoms with E-state index in [-0.39, 0.29) is 29.7 Å². The van der Waals surface area contributed by atoms with E-state index >= 15 is 0 Å². The number of hydrogen-bond acceptors (Lipinski definition) is 8. The van der Waals surface area contributed by atoms with Crippen LogP contribution >= 0.6 is 11.3 Å². The van der Waals surface area contributed by atoms with Gasteiger partial charge in [0.2, 0.25) is 0 Å². The minimum absolute atomic E-state index is 0. The summed E-state index contributed by atoms with van der Waals surface area (Å²) < 4.78 is 0. The monoisotopic (exact) mass is 614 g/mol. The van der Waals surface area contributed by atoms with Crippen LogP contribution in [0.2, 0.25) is 0 Å². The van der Waals surface area contributed by atoms with Crippen molar-refractivity contribution >= 4 is 33.9 Å². The van der Waals surface area contributed by atoms with Gasteiger partial charge in [-0.25, -0.2) is 19.9 Å². The first-order valence-electron chi connectivity index (χ1n) is 12.8. The van der Waals surface area contributed by atoms with Crippen LogP contribution in [0.5, 0.6) is 0 Å². The first kappa shape index (κ1) is 41.5. The fraction of sp³-hybridized carbons (Fsp3) is 0.286. The maximum atomic E-state index is 4.37. The third kappa shape index (κ3) is 15.6. The van der Waals surface area contributed by atoms with Crippen molar-refractivity contribution in [1.82, 2.24) is 34.9 Å². The lowest BCUT2D eigenvalue weighted by Gasteiger charge is -1.91. The average Bonchev–Trinajstić information content (AvgIpc) is 3.69. The van der Waals surface area contributed by atoms with Gasteiger partial charge in [0.1, 0.15) is 11.6 Å². The number of aromatic nitrogens is 7. The number of rotatable bonds is 0. The smallest absolute Gasteiger partial charge is 0.177 e. The SMILES string of the molecule is C.C.C.C.CC1=Nc2ccccc2C1.Cc1ccccn1.Cc1nc2ncccc2[nH]1.Cc1ncccn1.Cc1nccs1. The van der Waals surface area contributed by atoms with Crippen LogP contribution in [0.1, 0.15) is 64.5 Å². The molecular formula is C35H50N8S. The molecule has 1 aliphatic heterocycles. The van der Waals surface area contributed by atoms with Crippen molar-refractivity contribution in [2.24, 2.45) is 4.99 Å². The normalized spacial score (nSPS) is 9.70. The van der Waals surface area contributed by atoms with E-state index in [0.717, 1.165) is 45.6 Å². The molecule has 1 aliphatic rings. The first-order valence-corrected chi connectivity index (χ1v) is 13.7. The number of aliphatic imine (C=N–C) groups is 1. The lowest BCUT2D eigenvalue weighted by molar-refractivity contribution is 1.05. The average molecular weight is 615 g/mol. The number of hydrogen-bond donors (Lipinski definition) is 1. The molecule has 6 heterocycles. The number of benzene rings is 1. The summed E-state index contributed by atoms with van der Waals surface area (Å²) in [5, 5.41) is 3.10. The van der Waals surface area contributed by atoms with E-state index in [0.29, 0.717) is 0 Å². The van der Waals surface area contributed by atoms with Gasteiger partial charge in [0.25, 0.3) is 0 Å². The fourth-order valence-electron chi connectivity index (χ4n) is 3.37. The quantitative estimate of drug-likeness (QED) is 0.183. The highest BCUT2D eigenvalue weighted by Gasteiger charge is 2.08. The van der Waals surface area contributed by atoms with E-state index in [1.165, 1.54) is 11.3 Å². The molecule has 0 saturated heterocycles. The first-order chi connectivity index (χ1) is 19.4. The third-order valence-corrected chi connectivity index (χ3v) is 5.89. The third-order valence-electron chi connectivity index (χ3n) is 5.19. The molecule has 8 nitrogen and oxygen atoms in total. The Balaban J connectivity index is 0. The summed E-state index contributed by atoms with van der Waals surface area (Å²) in [6, 6.07) is 19.8. The molecule has 0 atom stereocenters. The van der Waals surface area contributed by atoms with Gasteiger partial charge in [-0.05, 0) is 76.6 Å². The van der Waals surface area contributed by atoms with Crippen molar-refractivity contribution in [3.05, 3.63) is 125 Å². The number of aromatic amines is 1. The largest absolute Gasteiger partial charge is 0.341 e. The Morgan fingerprint density at radius 3 is 1.77 bits per heavy atom. The van der Waals surface area contributed by atoms with E-state index < -0.39 is 0 Å². The molecule has 7 rings (SSSR count). The molecule has 0 unspecified atom stereocenters. The molecule has 236 valence electrons. The summed E-state index contributed by atoms with van der Waals surface area (Å²) in [6.45, 7) is 9.81. The van der Waals surface area contributed by atoms with Crippen molar-refractivity contribution in [2.45, 2.75) is 70.7 Å². The van der Waals surface area contributed by atoms with Gasteiger partial charge < -0.3 is 4.98 Å². The second kappa shape index (κ2) is 22.9. The van der Waals surface area contributed by atoms with Gasteiger partial charge in [-0.15, -0.1) is 11.3 Å². The van der Waals surface area contributed by atoms with Crippen molar-refractivity contribution < 1.29 is 0 Å². The van der Waals surface area contributed by atoms with Gasteiger partial charge in [-0.2, -0.15) is 0 Å². The molecule has 9 heteroatoms. The summed E-state index contributed by atoms with van der Waals surface area (Å²) in [5.74, 6) is 1.73. The highest BCUT2D eigenvalue weighted by molar-refractivity contribution is 7.09. The molecule has 5 aromatic heterocycles. The van der Waals surface area contributed by atoms with Crippen LogP contribution in [0.25, 0.3) is 11.2 Å². The standard InChI is InChI=1S/C9H9N.C7H7N3.C6H7N.C5H6N2.C4H5NS.4CH4/c1-7-6-8-4-2-3-5-9(8)10-7;1-5-9-6-3-2-4-8-7(6)10-5;1-6-4-2-3-5-7-6;1-5-6-3-2-4-7-5;1-4-5-2-3-6-4;;;;/h2-5H,6H2,1H3;2-4H,1H3,(H,8,9,10);2-5H,1H3;2-4H,1H3;2-3H,1H3;4*1H4. The maximum absolute atomic E-state index is 4.37. The number of para-hydroxylation sites is 1. The van der Waals surface area contributed by atoms with E-state index in [1.807, 2.05) is 69.5 Å². The Morgan fingerprint density at radius 1 is 0.636 bits per heavy atom. The topological polar surface area (TPSA) is 105 Å². The molecule has 6 aromatic rings. The number of pyridine rings is 2. The van der Waals surface area contributed by atoms with Crippen molar-refractivity contribution in [3.63, 3.8) is 0 Å². The lowest BCUT2D eigenvalue weighted by atomic mass is 10.1. The molecule has 0 saturated carbocycles. The highest BCUT2D eigenvalue weighted by atomic mass is 32.1. The van der Waals surface area contributed by atoms with E-state index in [4.69, 9.17) is 0 Å². The number of imidazole rings is 1. The highest BCUT2D eigenvalue weighted by Crippen LogP contribution is 2.25. The van der Waals surface area contributed by atoms with Gasteiger partial charge in [0, 0.05) is 54.2 Å². The predicted octanol–water partition coefficient (Wildman–Crippen LogP) is 9.77. The number of H-pyrrole nitrogens is 1. The lowest BCUT2D eigenvalue weighted by Crippen LogP contribution is -1.87. The maximum Gasteiger partial charge on any atom is 0.177 e. The number of nitrogens with zero attached hydrogens (tertiary/aromatic N) is 7. The summed E-state index contributed by atoms with van der Waals surface area (Å²) >= 11 is 1.67. The number of aryl methyl sites for hydroxylation is 4. The molecule has 0 fully saturated rings. The van der Waals surface area contributed by atoms with Crippen molar-refractivity contribution in [2.75, 3.05) is 0 Å². The minimum Gasteiger partial charge on any atom is -0.341 e. The van der Waals surface area contributed by atoms with Crippen molar-refractivity contribution in [3.8, 4) is 0 Å². The Bertz CT molecular complexity index is 1490. The molecule has 0 bridgehead atoms. The van der Waals surface area contributed by atoms with E-state index in [1.54, 1.807) is 48.4 Å². The summed E-state index contributed by atoms with van der Waals surface area (Å²) in [7, 11) is 0. The van der Waals surface area contributed by atoms with Crippen molar-refractivity contribution in [1.29, 1.82) is 0 Å². The van der Waals surface area contributed by atoms with Crippen LogP contribution in [-0.2, 0) is 6.42 Å². The molecule has 44 heavy (non-hydrogen) atoms. The minimum atomic E-state index is 0.